The number of likely N-dealkylation sites (N-methyl/N-ethyl adjacent to an activating group) is 1. The summed E-state index contributed by atoms with van der Waals surface area (Å²) in [5.74, 6) is 0.395. The highest BCUT2D eigenvalue weighted by atomic mass is 16.6. The molecular weight excluding hydrogens is 396 g/mol. The van der Waals surface area contributed by atoms with E-state index in [0.717, 1.165) is 25.8 Å². The molecule has 170 valence electrons. The molecule has 0 aromatic heterocycles. The SMILES string of the molecule is CCCN(C)C(=O)C(C1CCCC1)N1CCN(C(=O)c2ccc(C)c([N+](=O)[O-])c2)CC1. The quantitative estimate of drug-likeness (QED) is 0.490. The molecule has 8 heteroatoms. The molecule has 1 heterocycles. The fourth-order valence-corrected chi connectivity index (χ4v) is 4.93. The maximum absolute atomic E-state index is 13.2. The van der Waals surface area contributed by atoms with Crippen LogP contribution >= 0.6 is 0 Å². The lowest BCUT2D eigenvalue weighted by Crippen LogP contribution is -2.58. The van der Waals surface area contributed by atoms with Crippen LogP contribution in [0, 0.1) is 23.0 Å². The topological polar surface area (TPSA) is 87.0 Å². The summed E-state index contributed by atoms with van der Waals surface area (Å²) in [7, 11) is 1.89. The van der Waals surface area contributed by atoms with Crippen LogP contribution in [-0.4, -0.2) is 77.3 Å². The second-order valence-corrected chi connectivity index (χ2v) is 8.84. The van der Waals surface area contributed by atoms with Crippen LogP contribution < -0.4 is 0 Å². The summed E-state index contributed by atoms with van der Waals surface area (Å²) < 4.78 is 0. The number of nitrogens with zero attached hydrogens (tertiary/aromatic N) is 4. The first kappa shape index (κ1) is 23.2. The van der Waals surface area contributed by atoms with E-state index in [0.29, 0.717) is 43.2 Å². The molecule has 2 fully saturated rings. The van der Waals surface area contributed by atoms with E-state index < -0.39 is 4.92 Å². The maximum Gasteiger partial charge on any atom is 0.273 e. The number of carbonyl (C=O) groups excluding carboxylic acids is 2. The molecule has 0 spiro atoms. The number of hydrogen-bond donors (Lipinski definition) is 0. The highest BCUT2D eigenvalue weighted by Crippen LogP contribution is 2.32. The molecular formula is C23H34N4O4. The van der Waals surface area contributed by atoms with Gasteiger partial charge in [-0.15, -0.1) is 0 Å². The molecule has 31 heavy (non-hydrogen) atoms. The summed E-state index contributed by atoms with van der Waals surface area (Å²) in [5, 5.41) is 11.2. The van der Waals surface area contributed by atoms with E-state index in [-0.39, 0.29) is 23.5 Å². The molecule has 1 saturated carbocycles. The minimum Gasteiger partial charge on any atom is -0.344 e. The third kappa shape index (κ3) is 5.23. The van der Waals surface area contributed by atoms with Crippen LogP contribution in [0.3, 0.4) is 0 Å². The minimum atomic E-state index is -0.450. The van der Waals surface area contributed by atoms with Crippen molar-refractivity contribution in [3.63, 3.8) is 0 Å². The highest BCUT2D eigenvalue weighted by molar-refractivity contribution is 5.95. The van der Waals surface area contributed by atoms with E-state index in [2.05, 4.69) is 11.8 Å². The highest BCUT2D eigenvalue weighted by Gasteiger charge is 2.38. The Labute approximate surface area is 184 Å². The number of aryl methyl sites for hydroxylation is 1. The molecule has 1 atom stereocenters. The van der Waals surface area contributed by atoms with Gasteiger partial charge in [0.1, 0.15) is 0 Å². The molecule has 1 aromatic carbocycles. The predicted octanol–water partition coefficient (Wildman–Crippen LogP) is 3.09. The van der Waals surface area contributed by atoms with Crippen molar-refractivity contribution < 1.29 is 14.5 Å². The molecule has 1 saturated heterocycles. The predicted molar refractivity (Wildman–Crippen MR) is 119 cm³/mol. The molecule has 0 radical (unpaired) electrons. The van der Waals surface area contributed by atoms with Crippen LogP contribution in [-0.2, 0) is 4.79 Å². The third-order valence-electron chi connectivity index (χ3n) is 6.68. The van der Waals surface area contributed by atoms with Gasteiger partial charge in [0.15, 0.2) is 0 Å². The number of piperazine rings is 1. The Balaban J connectivity index is 1.69. The van der Waals surface area contributed by atoms with Crippen molar-refractivity contribution >= 4 is 17.5 Å². The van der Waals surface area contributed by atoms with Crippen molar-refractivity contribution in [3.05, 3.63) is 39.4 Å². The van der Waals surface area contributed by atoms with Crippen LogP contribution in [0.1, 0.15) is 54.9 Å². The molecule has 1 aromatic rings. The van der Waals surface area contributed by atoms with E-state index in [4.69, 9.17) is 0 Å². The summed E-state index contributed by atoms with van der Waals surface area (Å²) in [6.45, 7) is 6.84. The monoisotopic (exact) mass is 430 g/mol. The minimum absolute atomic E-state index is 0.0321. The first-order chi connectivity index (χ1) is 14.8. The Kier molecular flexibility index (Phi) is 7.64. The standard InChI is InChI=1S/C23H34N4O4/c1-4-11-24(3)23(29)21(18-7-5-6-8-18)25-12-14-26(15-13-25)22(28)19-10-9-17(2)20(16-19)27(30)31/h9-10,16,18,21H,4-8,11-15H2,1-3H3. The summed E-state index contributed by atoms with van der Waals surface area (Å²) in [5.41, 5.74) is 0.854. The second kappa shape index (κ2) is 10.2. The molecule has 1 aliphatic heterocycles. The Morgan fingerprint density at radius 1 is 1.19 bits per heavy atom. The average Bonchev–Trinajstić information content (AvgIpc) is 3.28. The van der Waals surface area contributed by atoms with Gasteiger partial charge < -0.3 is 9.80 Å². The van der Waals surface area contributed by atoms with Crippen molar-refractivity contribution in [1.82, 2.24) is 14.7 Å². The Morgan fingerprint density at radius 2 is 1.84 bits per heavy atom. The zero-order valence-corrected chi connectivity index (χ0v) is 18.9. The zero-order valence-electron chi connectivity index (χ0n) is 18.9. The van der Waals surface area contributed by atoms with E-state index >= 15 is 0 Å². The summed E-state index contributed by atoms with van der Waals surface area (Å²) in [4.78, 5) is 42.8. The first-order valence-corrected chi connectivity index (χ1v) is 11.4. The van der Waals surface area contributed by atoms with Gasteiger partial charge in [-0.2, -0.15) is 0 Å². The zero-order chi connectivity index (χ0) is 22.5. The van der Waals surface area contributed by atoms with E-state index in [1.807, 2.05) is 11.9 Å². The van der Waals surface area contributed by atoms with Gasteiger partial charge in [-0.05, 0) is 38.2 Å². The van der Waals surface area contributed by atoms with Gasteiger partial charge in [-0.3, -0.25) is 24.6 Å². The van der Waals surface area contributed by atoms with E-state index in [9.17, 15) is 19.7 Å². The lowest BCUT2D eigenvalue weighted by atomic mass is 9.94. The number of nitro groups is 1. The number of carbonyl (C=O) groups is 2. The average molecular weight is 431 g/mol. The van der Waals surface area contributed by atoms with Crippen molar-refractivity contribution in [2.75, 3.05) is 39.8 Å². The van der Waals surface area contributed by atoms with Crippen LogP contribution in [0.4, 0.5) is 5.69 Å². The van der Waals surface area contributed by atoms with Gasteiger partial charge in [-0.25, -0.2) is 0 Å². The Hall–Kier alpha value is -2.48. The second-order valence-electron chi connectivity index (χ2n) is 8.84. The summed E-state index contributed by atoms with van der Waals surface area (Å²) >= 11 is 0. The van der Waals surface area contributed by atoms with Crippen molar-refractivity contribution in [3.8, 4) is 0 Å². The van der Waals surface area contributed by atoms with Gasteiger partial charge in [0, 0.05) is 57.0 Å². The third-order valence-corrected chi connectivity index (χ3v) is 6.68. The molecule has 0 bridgehead atoms. The van der Waals surface area contributed by atoms with Crippen molar-refractivity contribution in [2.24, 2.45) is 5.92 Å². The molecule has 2 amide bonds. The summed E-state index contributed by atoms with van der Waals surface area (Å²) in [6, 6.07) is 4.53. The largest absolute Gasteiger partial charge is 0.344 e. The lowest BCUT2D eigenvalue weighted by Gasteiger charge is -2.42. The fourth-order valence-electron chi connectivity index (χ4n) is 4.93. The number of amides is 2. The van der Waals surface area contributed by atoms with E-state index in [1.54, 1.807) is 24.0 Å². The maximum atomic E-state index is 13.2. The normalized spacial score (nSPS) is 18.7. The first-order valence-electron chi connectivity index (χ1n) is 11.4. The smallest absolute Gasteiger partial charge is 0.273 e. The molecule has 3 rings (SSSR count). The van der Waals surface area contributed by atoms with Gasteiger partial charge in [0.05, 0.1) is 11.0 Å². The van der Waals surface area contributed by atoms with E-state index in [1.165, 1.54) is 18.9 Å². The summed E-state index contributed by atoms with van der Waals surface area (Å²) in [6.07, 6.45) is 5.46. The molecule has 2 aliphatic rings. The van der Waals surface area contributed by atoms with Gasteiger partial charge in [-0.1, -0.05) is 25.8 Å². The molecule has 1 aliphatic carbocycles. The number of hydrogen-bond acceptors (Lipinski definition) is 5. The van der Waals surface area contributed by atoms with Gasteiger partial charge >= 0.3 is 0 Å². The van der Waals surface area contributed by atoms with Gasteiger partial charge in [0.25, 0.3) is 11.6 Å². The number of nitro benzene ring substituents is 1. The van der Waals surface area contributed by atoms with Crippen molar-refractivity contribution in [1.29, 1.82) is 0 Å². The number of rotatable bonds is 7. The fraction of sp³-hybridized carbons (Fsp3) is 0.652. The Morgan fingerprint density at radius 3 is 2.42 bits per heavy atom. The van der Waals surface area contributed by atoms with Gasteiger partial charge in [0.2, 0.25) is 5.91 Å². The van der Waals surface area contributed by atoms with Crippen LogP contribution in [0.2, 0.25) is 0 Å². The number of benzene rings is 1. The molecule has 0 N–H and O–H groups in total. The lowest BCUT2D eigenvalue weighted by molar-refractivity contribution is -0.385. The van der Waals surface area contributed by atoms with Crippen LogP contribution in [0.15, 0.2) is 18.2 Å². The van der Waals surface area contributed by atoms with Crippen molar-refractivity contribution in [2.45, 2.75) is 52.0 Å². The van der Waals surface area contributed by atoms with Crippen LogP contribution in [0.25, 0.3) is 0 Å². The Bertz CT molecular complexity index is 814. The molecule has 8 nitrogen and oxygen atoms in total. The van der Waals surface area contributed by atoms with Crippen LogP contribution in [0.5, 0.6) is 0 Å². The molecule has 1 unspecified atom stereocenters.